The molecule has 0 bridgehead atoms. The van der Waals surface area contributed by atoms with Gasteiger partial charge in [-0.15, -0.1) is 10.2 Å². The lowest BCUT2D eigenvalue weighted by molar-refractivity contribution is 0.420. The molecular formula is C22H21ClN4O2S. The highest BCUT2D eigenvalue weighted by atomic mass is 35.5. The van der Waals surface area contributed by atoms with E-state index < -0.39 is 0 Å². The molecule has 4 rings (SSSR count). The van der Waals surface area contributed by atoms with Crippen LogP contribution in [-0.2, 0) is 13.0 Å². The van der Waals surface area contributed by atoms with Gasteiger partial charge >= 0.3 is 0 Å². The first-order valence-corrected chi connectivity index (χ1v) is 11.1. The van der Waals surface area contributed by atoms with E-state index in [4.69, 9.17) is 16.0 Å². The van der Waals surface area contributed by atoms with E-state index in [-0.39, 0.29) is 5.56 Å². The number of nitrogens with zero attached hydrogens (tertiary/aromatic N) is 4. The fraction of sp³-hybridized carbons (Fsp3) is 0.273. The first-order valence-electron chi connectivity index (χ1n) is 9.74. The number of thioether (sulfide) groups is 1. The van der Waals surface area contributed by atoms with Crippen LogP contribution in [0, 0.1) is 6.92 Å². The van der Waals surface area contributed by atoms with E-state index in [9.17, 15) is 4.79 Å². The average Bonchev–Trinajstić information content (AvgIpc) is 3.17. The summed E-state index contributed by atoms with van der Waals surface area (Å²) in [6.45, 7) is 2.62. The topological polar surface area (TPSA) is 73.8 Å². The third-order valence-corrected chi connectivity index (χ3v) is 5.83. The Morgan fingerprint density at radius 2 is 2.03 bits per heavy atom. The Balaban J connectivity index is 1.26. The van der Waals surface area contributed by atoms with Crippen molar-refractivity contribution in [2.45, 2.75) is 38.0 Å². The molecule has 0 amide bonds. The molecule has 0 aliphatic heterocycles. The molecule has 0 aliphatic rings. The molecule has 2 heterocycles. The van der Waals surface area contributed by atoms with Gasteiger partial charge in [-0.1, -0.05) is 47.1 Å². The predicted octanol–water partition coefficient (Wildman–Crippen LogP) is 4.90. The Kier molecular flexibility index (Phi) is 6.50. The number of hydrogen-bond donors (Lipinski definition) is 0. The molecule has 8 heteroatoms. The van der Waals surface area contributed by atoms with Gasteiger partial charge in [0.25, 0.3) is 10.8 Å². The number of halogens is 1. The van der Waals surface area contributed by atoms with E-state index in [1.807, 2.05) is 49.4 Å². The van der Waals surface area contributed by atoms with Gasteiger partial charge in [-0.3, -0.25) is 9.36 Å². The highest BCUT2D eigenvalue weighted by Crippen LogP contribution is 2.20. The first kappa shape index (κ1) is 20.6. The summed E-state index contributed by atoms with van der Waals surface area (Å²) in [4.78, 5) is 17.0. The van der Waals surface area contributed by atoms with Crippen LogP contribution in [0.1, 0.15) is 29.9 Å². The van der Waals surface area contributed by atoms with Crippen LogP contribution in [0.4, 0.5) is 0 Å². The number of fused-ring (bicyclic) bond motifs is 1. The number of hydrogen-bond acceptors (Lipinski definition) is 6. The summed E-state index contributed by atoms with van der Waals surface area (Å²) in [5.41, 5.74) is 2.85. The zero-order valence-corrected chi connectivity index (χ0v) is 18.1. The lowest BCUT2D eigenvalue weighted by Crippen LogP contribution is -2.20. The molecule has 0 N–H and O–H groups in total. The molecule has 30 heavy (non-hydrogen) atoms. The normalized spacial score (nSPS) is 11.3. The van der Waals surface area contributed by atoms with Crippen molar-refractivity contribution in [3.05, 3.63) is 81.2 Å². The largest absolute Gasteiger partial charge is 0.416 e. The van der Waals surface area contributed by atoms with E-state index in [1.54, 1.807) is 10.9 Å². The standard InChI is InChI=1S/C22H21ClN4O2S/c1-15-7-8-19-18(11-15)21(28)27(14-24-19)9-2-3-10-30-22-26-25-20(29-22)13-16-5-4-6-17(23)12-16/h4-8,11-12,14H,2-3,9-10,13H2,1H3. The van der Waals surface area contributed by atoms with Crippen LogP contribution in [0.15, 0.2) is 63.2 Å². The zero-order chi connectivity index (χ0) is 20.9. The SMILES string of the molecule is Cc1ccc2ncn(CCCCSc3nnc(Cc4cccc(Cl)c4)o3)c(=O)c2c1. The van der Waals surface area contributed by atoms with Gasteiger partial charge in [-0.05, 0) is 49.6 Å². The molecule has 154 valence electrons. The fourth-order valence-electron chi connectivity index (χ4n) is 3.17. The second-order valence-corrected chi connectivity index (χ2v) is 8.57. The molecule has 6 nitrogen and oxygen atoms in total. The zero-order valence-electron chi connectivity index (χ0n) is 16.5. The monoisotopic (exact) mass is 440 g/mol. The van der Waals surface area contributed by atoms with Crippen LogP contribution in [0.3, 0.4) is 0 Å². The molecule has 0 atom stereocenters. The van der Waals surface area contributed by atoms with Crippen LogP contribution >= 0.6 is 23.4 Å². The van der Waals surface area contributed by atoms with Crippen molar-refractivity contribution in [2.24, 2.45) is 0 Å². The second-order valence-electron chi connectivity index (χ2n) is 7.09. The minimum Gasteiger partial charge on any atom is -0.416 e. The summed E-state index contributed by atoms with van der Waals surface area (Å²) < 4.78 is 7.39. The van der Waals surface area contributed by atoms with E-state index in [1.165, 1.54) is 11.8 Å². The molecule has 0 aliphatic carbocycles. The number of benzene rings is 2. The Morgan fingerprint density at radius 3 is 2.90 bits per heavy atom. The Hall–Kier alpha value is -2.64. The minimum atomic E-state index is 0.0129. The molecule has 2 aromatic carbocycles. The van der Waals surface area contributed by atoms with E-state index >= 15 is 0 Å². The highest BCUT2D eigenvalue weighted by Gasteiger charge is 2.08. The Bertz CT molecular complexity index is 1220. The first-order chi connectivity index (χ1) is 14.6. The van der Waals surface area contributed by atoms with Crippen molar-refractivity contribution in [3.8, 4) is 0 Å². The molecule has 0 saturated carbocycles. The number of rotatable bonds is 8. The second kappa shape index (κ2) is 9.45. The maximum absolute atomic E-state index is 12.6. The van der Waals surface area contributed by atoms with Crippen molar-refractivity contribution in [3.63, 3.8) is 0 Å². The summed E-state index contributed by atoms with van der Waals surface area (Å²) >= 11 is 7.54. The van der Waals surface area contributed by atoms with Gasteiger partial charge < -0.3 is 4.42 Å². The van der Waals surface area contributed by atoms with Gasteiger partial charge in [0.1, 0.15) is 0 Å². The predicted molar refractivity (Wildman–Crippen MR) is 119 cm³/mol. The van der Waals surface area contributed by atoms with Crippen molar-refractivity contribution in [1.82, 2.24) is 19.7 Å². The molecule has 0 spiro atoms. The maximum atomic E-state index is 12.6. The summed E-state index contributed by atoms with van der Waals surface area (Å²) in [6.07, 6.45) is 3.99. The van der Waals surface area contributed by atoms with Crippen LogP contribution in [0.5, 0.6) is 0 Å². The quantitative estimate of drug-likeness (QED) is 0.286. The van der Waals surface area contributed by atoms with Gasteiger partial charge in [-0.2, -0.15) is 0 Å². The van der Waals surface area contributed by atoms with E-state index in [2.05, 4.69) is 15.2 Å². The maximum Gasteiger partial charge on any atom is 0.276 e. The number of aromatic nitrogens is 4. The van der Waals surface area contributed by atoms with Crippen LogP contribution in [0.2, 0.25) is 5.02 Å². The summed E-state index contributed by atoms with van der Waals surface area (Å²) in [5, 5.41) is 10.1. The third-order valence-electron chi connectivity index (χ3n) is 4.69. The van der Waals surface area contributed by atoms with Crippen molar-refractivity contribution >= 4 is 34.3 Å². The van der Waals surface area contributed by atoms with E-state index in [0.717, 1.165) is 35.2 Å². The lowest BCUT2D eigenvalue weighted by Gasteiger charge is -2.06. The molecular weight excluding hydrogens is 420 g/mol. The Labute approximate surface area is 183 Å². The Morgan fingerprint density at radius 1 is 1.13 bits per heavy atom. The average molecular weight is 441 g/mol. The van der Waals surface area contributed by atoms with Crippen LogP contribution in [-0.4, -0.2) is 25.5 Å². The fourth-order valence-corrected chi connectivity index (χ4v) is 4.15. The molecule has 2 aromatic heterocycles. The summed E-state index contributed by atoms with van der Waals surface area (Å²) in [6, 6.07) is 13.4. The highest BCUT2D eigenvalue weighted by molar-refractivity contribution is 7.99. The number of aryl methyl sites for hydroxylation is 2. The van der Waals surface area contributed by atoms with Gasteiger partial charge in [0, 0.05) is 17.3 Å². The van der Waals surface area contributed by atoms with Crippen molar-refractivity contribution in [1.29, 1.82) is 0 Å². The molecule has 0 saturated heterocycles. The molecule has 0 fully saturated rings. The summed E-state index contributed by atoms with van der Waals surface area (Å²) in [5.74, 6) is 1.41. The lowest BCUT2D eigenvalue weighted by atomic mass is 10.1. The number of unbranched alkanes of at least 4 members (excludes halogenated alkanes) is 1. The smallest absolute Gasteiger partial charge is 0.276 e. The van der Waals surface area contributed by atoms with Crippen LogP contribution < -0.4 is 5.56 Å². The van der Waals surface area contributed by atoms with Gasteiger partial charge in [0.15, 0.2) is 0 Å². The van der Waals surface area contributed by atoms with Gasteiger partial charge in [0.2, 0.25) is 5.89 Å². The molecule has 0 radical (unpaired) electrons. The van der Waals surface area contributed by atoms with Gasteiger partial charge in [0.05, 0.1) is 23.7 Å². The van der Waals surface area contributed by atoms with Crippen molar-refractivity contribution in [2.75, 3.05) is 5.75 Å². The third kappa shape index (κ3) is 5.09. The molecule has 4 aromatic rings. The molecule has 0 unspecified atom stereocenters. The van der Waals surface area contributed by atoms with E-state index in [0.29, 0.717) is 34.5 Å². The van der Waals surface area contributed by atoms with Crippen LogP contribution in [0.25, 0.3) is 10.9 Å². The van der Waals surface area contributed by atoms with Gasteiger partial charge in [-0.25, -0.2) is 4.98 Å². The van der Waals surface area contributed by atoms with Crippen molar-refractivity contribution < 1.29 is 4.42 Å². The minimum absolute atomic E-state index is 0.0129. The summed E-state index contributed by atoms with van der Waals surface area (Å²) in [7, 11) is 0.